The number of thiazole rings is 1. The van der Waals surface area contributed by atoms with Gasteiger partial charge in [-0.15, -0.1) is 11.3 Å². The first kappa shape index (κ1) is 16.5. The molecule has 0 saturated heterocycles. The second kappa shape index (κ2) is 7.47. The summed E-state index contributed by atoms with van der Waals surface area (Å²) in [4.78, 5) is 17.2. The summed E-state index contributed by atoms with van der Waals surface area (Å²) in [6.45, 7) is 0. The van der Waals surface area contributed by atoms with E-state index >= 15 is 0 Å². The Labute approximate surface area is 149 Å². The van der Waals surface area contributed by atoms with Gasteiger partial charge in [-0.2, -0.15) is 0 Å². The number of para-hydroxylation sites is 1. The lowest BCUT2D eigenvalue weighted by Gasteiger charge is -2.02. The van der Waals surface area contributed by atoms with E-state index in [1.807, 2.05) is 54.6 Å². The van der Waals surface area contributed by atoms with E-state index in [0.29, 0.717) is 5.02 Å². The molecule has 0 aliphatic carbocycles. The monoisotopic (exact) mass is 358 g/mol. The third-order valence-electron chi connectivity index (χ3n) is 3.37. The molecule has 0 aliphatic rings. The fraction of sp³-hybridized carbons (Fsp3) is 0.111. The third-order valence-corrected chi connectivity index (χ3v) is 4.60. The minimum atomic E-state index is -0.292. The number of methoxy groups -OCH3 is 1. The lowest BCUT2D eigenvalue weighted by atomic mass is 10.1. The molecule has 24 heavy (non-hydrogen) atoms. The Kier molecular flexibility index (Phi) is 5.13. The van der Waals surface area contributed by atoms with Crippen LogP contribution in [0.4, 0.5) is 10.8 Å². The first-order valence-corrected chi connectivity index (χ1v) is 8.49. The molecule has 0 unspecified atom stereocenters. The number of hydrogen-bond acceptors (Lipinski definition) is 5. The van der Waals surface area contributed by atoms with Gasteiger partial charge in [-0.1, -0.05) is 41.9 Å². The number of ether oxygens (including phenoxy) is 1. The zero-order valence-corrected chi connectivity index (χ0v) is 14.5. The van der Waals surface area contributed by atoms with Crippen LogP contribution in [0.2, 0.25) is 5.02 Å². The number of carbonyl (C=O) groups excluding carboxylic acids is 1. The molecule has 1 N–H and O–H groups in total. The summed E-state index contributed by atoms with van der Waals surface area (Å²) >= 11 is 7.39. The van der Waals surface area contributed by atoms with E-state index in [-0.39, 0.29) is 12.4 Å². The third kappa shape index (κ3) is 3.93. The smallest absolute Gasteiger partial charge is 0.310 e. The van der Waals surface area contributed by atoms with Crippen molar-refractivity contribution >= 4 is 39.7 Å². The van der Waals surface area contributed by atoms with Crippen molar-refractivity contribution in [2.45, 2.75) is 6.42 Å². The molecule has 2 aromatic carbocycles. The quantitative estimate of drug-likeness (QED) is 0.657. The van der Waals surface area contributed by atoms with Crippen LogP contribution in [-0.2, 0) is 16.0 Å². The predicted octanol–water partition coefficient (Wildman–Crippen LogP) is 4.92. The van der Waals surface area contributed by atoms with Crippen molar-refractivity contribution in [1.82, 2.24) is 4.98 Å². The van der Waals surface area contributed by atoms with Gasteiger partial charge >= 0.3 is 5.97 Å². The average Bonchev–Trinajstić information content (AvgIpc) is 2.98. The Morgan fingerprint density at radius 1 is 1.17 bits per heavy atom. The molecule has 0 fully saturated rings. The molecule has 6 heteroatoms. The molecular formula is C18H15ClN2O2S. The van der Waals surface area contributed by atoms with Crippen LogP contribution in [0.25, 0.3) is 11.3 Å². The first-order chi connectivity index (χ1) is 11.7. The van der Waals surface area contributed by atoms with Crippen LogP contribution in [0.3, 0.4) is 0 Å². The molecule has 0 spiro atoms. The lowest BCUT2D eigenvalue weighted by molar-refractivity contribution is -0.139. The molecule has 4 nitrogen and oxygen atoms in total. The summed E-state index contributed by atoms with van der Waals surface area (Å²) < 4.78 is 4.79. The van der Waals surface area contributed by atoms with Gasteiger partial charge in [0.25, 0.3) is 0 Å². The van der Waals surface area contributed by atoms with Gasteiger partial charge in [0.2, 0.25) is 0 Å². The number of esters is 1. The Morgan fingerprint density at radius 3 is 2.54 bits per heavy atom. The molecule has 3 aromatic rings. The number of anilines is 2. The topological polar surface area (TPSA) is 51.2 Å². The van der Waals surface area contributed by atoms with Gasteiger partial charge < -0.3 is 10.1 Å². The van der Waals surface area contributed by atoms with Crippen LogP contribution in [-0.4, -0.2) is 18.1 Å². The highest BCUT2D eigenvalue weighted by Gasteiger charge is 2.16. The summed E-state index contributed by atoms with van der Waals surface area (Å²) in [5.41, 5.74) is 2.62. The Hall–Kier alpha value is -2.37. The minimum absolute atomic E-state index is 0.183. The van der Waals surface area contributed by atoms with Crippen molar-refractivity contribution in [3.8, 4) is 11.3 Å². The first-order valence-electron chi connectivity index (χ1n) is 7.30. The summed E-state index contributed by atoms with van der Waals surface area (Å²) in [5.74, 6) is -0.292. The van der Waals surface area contributed by atoms with Gasteiger partial charge in [0.1, 0.15) is 0 Å². The number of benzene rings is 2. The minimum Gasteiger partial charge on any atom is -0.469 e. The van der Waals surface area contributed by atoms with Crippen LogP contribution in [0.15, 0.2) is 54.6 Å². The summed E-state index contributed by atoms with van der Waals surface area (Å²) in [7, 11) is 1.38. The molecule has 0 radical (unpaired) electrons. The molecule has 0 amide bonds. The van der Waals surface area contributed by atoms with E-state index in [1.165, 1.54) is 18.4 Å². The molecular weight excluding hydrogens is 344 g/mol. The molecule has 122 valence electrons. The van der Waals surface area contributed by atoms with Crippen LogP contribution >= 0.6 is 22.9 Å². The maximum absolute atomic E-state index is 11.7. The number of nitrogens with one attached hydrogen (secondary N) is 1. The molecule has 1 aromatic heterocycles. The standard InChI is InChI=1S/C18H15ClN2O2S/c1-23-16(22)11-15-17(12-7-9-13(19)10-8-12)21-18(24-15)20-14-5-3-2-4-6-14/h2-10H,11H2,1H3,(H,20,21). The Bertz CT molecular complexity index is 832. The van der Waals surface area contributed by atoms with Gasteiger partial charge in [-0.25, -0.2) is 4.98 Å². The number of rotatable bonds is 5. The van der Waals surface area contributed by atoms with Gasteiger partial charge in [-0.05, 0) is 24.3 Å². The van der Waals surface area contributed by atoms with Crippen LogP contribution in [0.5, 0.6) is 0 Å². The van der Waals surface area contributed by atoms with E-state index in [9.17, 15) is 4.79 Å². The van der Waals surface area contributed by atoms with Gasteiger partial charge in [0.15, 0.2) is 5.13 Å². The molecule has 0 saturated carbocycles. The maximum Gasteiger partial charge on any atom is 0.310 e. The van der Waals surface area contributed by atoms with Gasteiger partial charge in [-0.3, -0.25) is 4.79 Å². The van der Waals surface area contributed by atoms with E-state index in [0.717, 1.165) is 27.0 Å². The highest BCUT2D eigenvalue weighted by Crippen LogP contribution is 2.33. The fourth-order valence-corrected chi connectivity index (χ4v) is 3.32. The van der Waals surface area contributed by atoms with Crippen molar-refractivity contribution in [2.75, 3.05) is 12.4 Å². The van der Waals surface area contributed by atoms with Gasteiger partial charge in [0.05, 0.1) is 19.2 Å². The molecule has 0 aliphatic heterocycles. The number of halogens is 1. The Balaban J connectivity index is 1.95. The van der Waals surface area contributed by atoms with Crippen LogP contribution < -0.4 is 5.32 Å². The fourth-order valence-electron chi connectivity index (χ4n) is 2.21. The number of nitrogens with zero attached hydrogens (tertiary/aromatic N) is 1. The second-order valence-electron chi connectivity index (χ2n) is 5.04. The van der Waals surface area contributed by atoms with E-state index in [2.05, 4.69) is 10.3 Å². The van der Waals surface area contributed by atoms with Crippen molar-refractivity contribution in [3.63, 3.8) is 0 Å². The molecule has 1 heterocycles. The Morgan fingerprint density at radius 2 is 1.88 bits per heavy atom. The summed E-state index contributed by atoms with van der Waals surface area (Å²) in [6.07, 6.45) is 0.183. The normalized spacial score (nSPS) is 10.4. The van der Waals surface area contributed by atoms with Crippen LogP contribution in [0.1, 0.15) is 4.88 Å². The van der Waals surface area contributed by atoms with E-state index in [1.54, 1.807) is 0 Å². The number of hydrogen-bond donors (Lipinski definition) is 1. The van der Waals surface area contributed by atoms with Crippen LogP contribution in [0, 0.1) is 0 Å². The largest absolute Gasteiger partial charge is 0.469 e. The molecule has 0 bridgehead atoms. The maximum atomic E-state index is 11.7. The summed E-state index contributed by atoms with van der Waals surface area (Å²) in [6, 6.07) is 17.2. The second-order valence-corrected chi connectivity index (χ2v) is 6.56. The predicted molar refractivity (Wildman–Crippen MR) is 98.0 cm³/mol. The molecule has 0 atom stereocenters. The average molecular weight is 359 g/mol. The van der Waals surface area contributed by atoms with Crippen molar-refractivity contribution < 1.29 is 9.53 Å². The van der Waals surface area contributed by atoms with E-state index in [4.69, 9.17) is 16.3 Å². The highest BCUT2D eigenvalue weighted by atomic mass is 35.5. The van der Waals surface area contributed by atoms with E-state index < -0.39 is 0 Å². The SMILES string of the molecule is COC(=O)Cc1sc(Nc2ccccc2)nc1-c1ccc(Cl)cc1. The molecule has 3 rings (SSSR count). The van der Waals surface area contributed by atoms with Crippen molar-refractivity contribution in [3.05, 3.63) is 64.5 Å². The zero-order chi connectivity index (χ0) is 16.9. The van der Waals surface area contributed by atoms with Crippen molar-refractivity contribution in [1.29, 1.82) is 0 Å². The number of aromatic nitrogens is 1. The van der Waals surface area contributed by atoms with Gasteiger partial charge in [0, 0.05) is 21.2 Å². The highest BCUT2D eigenvalue weighted by molar-refractivity contribution is 7.16. The summed E-state index contributed by atoms with van der Waals surface area (Å²) in [5, 5.41) is 4.65. The number of carbonyl (C=O) groups is 1. The lowest BCUT2D eigenvalue weighted by Crippen LogP contribution is -2.03. The zero-order valence-electron chi connectivity index (χ0n) is 13.0. The van der Waals surface area contributed by atoms with Crippen molar-refractivity contribution in [2.24, 2.45) is 0 Å².